The summed E-state index contributed by atoms with van der Waals surface area (Å²) in [6, 6.07) is -0.108. The number of carbonyl (C=O) groups excluding carboxylic acids is 3. The molecular weight excluding hydrogens is 294 g/mol. The van der Waals surface area contributed by atoms with E-state index < -0.39 is 5.54 Å². The Bertz CT molecular complexity index is 577. The number of hydrogen-bond donors (Lipinski definition) is 0. The average molecular weight is 319 g/mol. The molecule has 0 spiro atoms. The van der Waals surface area contributed by atoms with Crippen molar-refractivity contribution >= 4 is 17.8 Å². The first-order chi connectivity index (χ1) is 11.0. The second kappa shape index (κ2) is 4.95. The van der Waals surface area contributed by atoms with Crippen LogP contribution in [0.15, 0.2) is 0 Å². The van der Waals surface area contributed by atoms with E-state index in [1.165, 1.54) is 4.90 Å². The molecule has 3 heterocycles. The molecule has 126 valence electrons. The number of urea groups is 1. The largest absolute Gasteiger partial charge is 0.337 e. The summed E-state index contributed by atoms with van der Waals surface area (Å²) in [7, 11) is 0. The number of carbonyl (C=O) groups is 3. The molecule has 0 aromatic heterocycles. The van der Waals surface area contributed by atoms with Gasteiger partial charge in [-0.1, -0.05) is 20.3 Å². The summed E-state index contributed by atoms with van der Waals surface area (Å²) in [6.07, 6.45) is 4.65. The SMILES string of the molecule is CCC[C@]12CCCN1C(=O)N([C@@H]1CC(=O)N([C@H]3C[C@H]3C)C1)C2=O. The molecule has 0 bridgehead atoms. The highest BCUT2D eigenvalue weighted by Crippen LogP contribution is 2.44. The van der Waals surface area contributed by atoms with Crippen LogP contribution in [0.1, 0.15) is 52.4 Å². The predicted octanol–water partition coefficient (Wildman–Crippen LogP) is 1.59. The van der Waals surface area contributed by atoms with E-state index in [4.69, 9.17) is 0 Å². The van der Waals surface area contributed by atoms with E-state index in [1.807, 2.05) is 4.90 Å². The molecule has 6 heteroatoms. The number of amides is 4. The van der Waals surface area contributed by atoms with Gasteiger partial charge in [0.05, 0.1) is 6.04 Å². The van der Waals surface area contributed by atoms with Crippen molar-refractivity contribution < 1.29 is 14.4 Å². The highest BCUT2D eigenvalue weighted by atomic mass is 16.2. The van der Waals surface area contributed by atoms with Gasteiger partial charge in [-0.3, -0.25) is 14.5 Å². The molecule has 4 aliphatic rings. The third kappa shape index (κ3) is 1.96. The maximum Gasteiger partial charge on any atom is 0.328 e. The molecule has 0 aromatic rings. The van der Waals surface area contributed by atoms with E-state index in [0.717, 1.165) is 32.1 Å². The van der Waals surface area contributed by atoms with E-state index >= 15 is 0 Å². The molecule has 0 aromatic carbocycles. The van der Waals surface area contributed by atoms with Gasteiger partial charge in [0.25, 0.3) is 5.91 Å². The van der Waals surface area contributed by atoms with Gasteiger partial charge in [-0.05, 0) is 31.6 Å². The van der Waals surface area contributed by atoms with Crippen LogP contribution in [0.3, 0.4) is 0 Å². The zero-order valence-corrected chi connectivity index (χ0v) is 14.0. The monoisotopic (exact) mass is 319 g/mol. The normalized spacial score (nSPS) is 39.7. The summed E-state index contributed by atoms with van der Waals surface area (Å²) < 4.78 is 0. The van der Waals surface area contributed by atoms with Gasteiger partial charge in [0.2, 0.25) is 5.91 Å². The van der Waals surface area contributed by atoms with Gasteiger partial charge in [-0.15, -0.1) is 0 Å². The molecule has 0 radical (unpaired) electrons. The molecule has 3 aliphatic heterocycles. The van der Waals surface area contributed by atoms with Gasteiger partial charge in [-0.25, -0.2) is 4.79 Å². The van der Waals surface area contributed by atoms with Crippen LogP contribution in [-0.2, 0) is 9.59 Å². The standard InChI is InChI=1S/C17H25N3O3/c1-3-5-17-6-4-7-19(17)16(23)20(15(17)22)12-9-14(21)18(10-12)13-8-11(13)2/h11-13H,3-10H2,1-2H3/t11-,12-,13+,17-/m1/s1. The van der Waals surface area contributed by atoms with Gasteiger partial charge < -0.3 is 9.80 Å². The van der Waals surface area contributed by atoms with Gasteiger partial charge in [0.15, 0.2) is 0 Å². The number of hydrogen-bond acceptors (Lipinski definition) is 3. The van der Waals surface area contributed by atoms with Crippen molar-refractivity contribution in [1.29, 1.82) is 0 Å². The van der Waals surface area contributed by atoms with Crippen molar-refractivity contribution in [3.63, 3.8) is 0 Å². The van der Waals surface area contributed by atoms with Crippen LogP contribution in [-0.4, -0.2) is 63.3 Å². The summed E-state index contributed by atoms with van der Waals surface area (Å²) in [6.45, 7) is 5.40. The van der Waals surface area contributed by atoms with Gasteiger partial charge in [-0.2, -0.15) is 0 Å². The lowest BCUT2D eigenvalue weighted by Crippen LogP contribution is -2.46. The predicted molar refractivity (Wildman–Crippen MR) is 83.5 cm³/mol. The molecule has 0 unspecified atom stereocenters. The number of likely N-dealkylation sites (tertiary alicyclic amines) is 1. The number of nitrogens with zero attached hydrogens (tertiary/aromatic N) is 3. The molecular formula is C17H25N3O3. The Balaban J connectivity index is 1.57. The zero-order chi connectivity index (χ0) is 16.4. The first-order valence-corrected chi connectivity index (χ1v) is 8.94. The van der Waals surface area contributed by atoms with Crippen LogP contribution in [0.2, 0.25) is 0 Å². The molecule has 23 heavy (non-hydrogen) atoms. The Hall–Kier alpha value is -1.59. The molecule has 4 atom stereocenters. The van der Waals surface area contributed by atoms with E-state index in [1.54, 1.807) is 4.90 Å². The maximum absolute atomic E-state index is 13.1. The molecule has 4 amide bonds. The number of imide groups is 1. The van der Waals surface area contributed by atoms with Crippen LogP contribution in [0.25, 0.3) is 0 Å². The highest BCUT2D eigenvalue weighted by Gasteiger charge is 2.61. The maximum atomic E-state index is 13.1. The Morgan fingerprint density at radius 2 is 2.00 bits per heavy atom. The van der Waals surface area contributed by atoms with Gasteiger partial charge >= 0.3 is 6.03 Å². The molecule has 6 nitrogen and oxygen atoms in total. The van der Waals surface area contributed by atoms with Crippen molar-refractivity contribution in [2.75, 3.05) is 13.1 Å². The topological polar surface area (TPSA) is 60.9 Å². The van der Waals surface area contributed by atoms with Crippen molar-refractivity contribution in [2.45, 2.75) is 70.0 Å². The minimum Gasteiger partial charge on any atom is -0.337 e. The lowest BCUT2D eigenvalue weighted by Gasteiger charge is -2.27. The smallest absolute Gasteiger partial charge is 0.328 e. The molecule has 3 saturated heterocycles. The van der Waals surface area contributed by atoms with Crippen LogP contribution < -0.4 is 0 Å². The first kappa shape index (κ1) is 15.0. The fraction of sp³-hybridized carbons (Fsp3) is 0.824. The van der Waals surface area contributed by atoms with E-state index in [9.17, 15) is 14.4 Å². The Morgan fingerprint density at radius 3 is 2.65 bits per heavy atom. The van der Waals surface area contributed by atoms with E-state index in [2.05, 4.69) is 13.8 Å². The fourth-order valence-corrected chi connectivity index (χ4v) is 4.87. The van der Waals surface area contributed by atoms with Crippen molar-refractivity contribution in [1.82, 2.24) is 14.7 Å². The van der Waals surface area contributed by atoms with Crippen LogP contribution >= 0.6 is 0 Å². The average Bonchev–Trinajstić information content (AvgIpc) is 2.84. The quantitative estimate of drug-likeness (QED) is 0.739. The Labute approximate surface area is 136 Å². The molecule has 0 N–H and O–H groups in total. The summed E-state index contributed by atoms with van der Waals surface area (Å²) >= 11 is 0. The van der Waals surface area contributed by atoms with Crippen LogP contribution in [0.4, 0.5) is 4.79 Å². The van der Waals surface area contributed by atoms with Gasteiger partial charge in [0.1, 0.15) is 5.54 Å². The lowest BCUT2D eigenvalue weighted by molar-refractivity contribution is -0.134. The molecule has 1 aliphatic carbocycles. The van der Waals surface area contributed by atoms with Crippen molar-refractivity contribution in [3.05, 3.63) is 0 Å². The van der Waals surface area contributed by atoms with E-state index in [-0.39, 0.29) is 23.9 Å². The highest BCUT2D eigenvalue weighted by molar-refractivity contribution is 6.08. The third-order valence-corrected chi connectivity index (χ3v) is 6.18. The summed E-state index contributed by atoms with van der Waals surface area (Å²) in [5.41, 5.74) is -0.616. The molecule has 4 fully saturated rings. The summed E-state index contributed by atoms with van der Waals surface area (Å²) in [5, 5.41) is 0. The van der Waals surface area contributed by atoms with Crippen molar-refractivity contribution in [2.24, 2.45) is 5.92 Å². The third-order valence-electron chi connectivity index (χ3n) is 6.18. The first-order valence-electron chi connectivity index (χ1n) is 8.94. The minimum atomic E-state index is -0.616. The van der Waals surface area contributed by atoms with Crippen molar-refractivity contribution in [3.8, 4) is 0 Å². The van der Waals surface area contributed by atoms with Gasteiger partial charge in [0, 0.05) is 25.6 Å². The van der Waals surface area contributed by atoms with Crippen LogP contribution in [0.5, 0.6) is 0 Å². The molecule has 1 saturated carbocycles. The lowest BCUT2D eigenvalue weighted by atomic mass is 9.90. The fourth-order valence-electron chi connectivity index (χ4n) is 4.87. The summed E-state index contributed by atoms with van der Waals surface area (Å²) in [5.74, 6) is 0.601. The summed E-state index contributed by atoms with van der Waals surface area (Å²) in [4.78, 5) is 43.3. The number of rotatable bonds is 4. The van der Waals surface area contributed by atoms with Crippen LogP contribution in [0, 0.1) is 5.92 Å². The zero-order valence-electron chi connectivity index (χ0n) is 14.0. The Morgan fingerprint density at radius 1 is 1.26 bits per heavy atom. The molecule has 4 rings (SSSR count). The minimum absolute atomic E-state index is 0.0506. The second-order valence-electron chi connectivity index (χ2n) is 7.68. The number of fused-ring (bicyclic) bond motifs is 1. The van der Waals surface area contributed by atoms with E-state index in [0.29, 0.717) is 31.5 Å². The Kier molecular flexibility index (Phi) is 3.22. The second-order valence-corrected chi connectivity index (χ2v) is 7.68.